The van der Waals surface area contributed by atoms with E-state index in [9.17, 15) is 4.79 Å². The predicted octanol–water partition coefficient (Wildman–Crippen LogP) is 1.25. The van der Waals surface area contributed by atoms with E-state index in [0.717, 1.165) is 38.2 Å². The lowest BCUT2D eigenvalue weighted by Gasteiger charge is -2.35. The van der Waals surface area contributed by atoms with Gasteiger partial charge >= 0.3 is 0 Å². The molecule has 5 nitrogen and oxygen atoms in total. The zero-order valence-corrected chi connectivity index (χ0v) is 12.8. The minimum atomic E-state index is -0.215. The largest absolute Gasteiger partial charge is 0.317 e. The van der Waals surface area contributed by atoms with Crippen molar-refractivity contribution in [2.24, 2.45) is 5.84 Å². The van der Waals surface area contributed by atoms with Crippen LogP contribution in [0.3, 0.4) is 0 Å². The first-order valence-corrected chi connectivity index (χ1v) is 7.80. The van der Waals surface area contributed by atoms with Gasteiger partial charge in [0.2, 0.25) is 0 Å². The molecule has 0 aliphatic carbocycles. The van der Waals surface area contributed by atoms with Crippen LogP contribution in [-0.4, -0.2) is 36.5 Å². The summed E-state index contributed by atoms with van der Waals surface area (Å²) in [7, 11) is 0. The van der Waals surface area contributed by atoms with Crippen molar-refractivity contribution in [2.45, 2.75) is 38.8 Å². The van der Waals surface area contributed by atoms with Gasteiger partial charge in [-0.3, -0.25) is 15.1 Å². The summed E-state index contributed by atoms with van der Waals surface area (Å²) in [5, 5.41) is 3.41. The van der Waals surface area contributed by atoms with Crippen LogP contribution < -0.4 is 16.6 Å². The Balaban J connectivity index is 2.14. The van der Waals surface area contributed by atoms with E-state index >= 15 is 0 Å². The van der Waals surface area contributed by atoms with Crippen LogP contribution >= 0.6 is 0 Å². The Hall–Kier alpha value is -1.43. The van der Waals surface area contributed by atoms with Gasteiger partial charge in [0.05, 0.1) is 0 Å². The van der Waals surface area contributed by atoms with Crippen molar-refractivity contribution in [3.05, 3.63) is 35.4 Å². The number of rotatable bonds is 6. The maximum Gasteiger partial charge on any atom is 0.265 e. The van der Waals surface area contributed by atoms with Crippen molar-refractivity contribution in [2.75, 3.05) is 19.6 Å². The molecule has 0 saturated carbocycles. The van der Waals surface area contributed by atoms with Crippen LogP contribution in [0.25, 0.3) is 0 Å². The fourth-order valence-corrected chi connectivity index (χ4v) is 3.03. The number of nitrogens with two attached hydrogens (primary N) is 1. The van der Waals surface area contributed by atoms with E-state index in [1.807, 2.05) is 24.3 Å². The zero-order chi connectivity index (χ0) is 15.1. The quantitative estimate of drug-likeness (QED) is 0.419. The van der Waals surface area contributed by atoms with Gasteiger partial charge in [-0.2, -0.15) is 0 Å². The minimum absolute atomic E-state index is 0.215. The molecule has 1 fully saturated rings. The smallest absolute Gasteiger partial charge is 0.265 e. The third-order valence-electron chi connectivity index (χ3n) is 4.10. The number of piperidine rings is 1. The second kappa shape index (κ2) is 8.12. The average Bonchev–Trinajstić information content (AvgIpc) is 2.55. The molecule has 0 bridgehead atoms. The Morgan fingerprint density at radius 3 is 2.76 bits per heavy atom. The number of nitrogens with one attached hydrogen (secondary N) is 2. The van der Waals surface area contributed by atoms with E-state index in [-0.39, 0.29) is 5.91 Å². The molecule has 0 atom stereocenters. The molecule has 116 valence electrons. The Morgan fingerprint density at radius 1 is 1.38 bits per heavy atom. The minimum Gasteiger partial charge on any atom is -0.317 e. The van der Waals surface area contributed by atoms with Gasteiger partial charge in [-0.15, -0.1) is 0 Å². The summed E-state index contributed by atoms with van der Waals surface area (Å²) in [6.07, 6.45) is 3.46. The van der Waals surface area contributed by atoms with Gasteiger partial charge in [0.15, 0.2) is 0 Å². The molecule has 5 heteroatoms. The Bertz CT molecular complexity index is 457. The standard InChI is InChI=1S/C16H26N4O/c1-2-11-20(14-7-9-18-10-8-14)12-13-5-3-4-6-15(13)16(21)19-17/h3-6,14,18H,2,7-12,17H2,1H3,(H,19,21). The zero-order valence-electron chi connectivity index (χ0n) is 12.8. The third-order valence-corrected chi connectivity index (χ3v) is 4.10. The van der Waals surface area contributed by atoms with Crippen molar-refractivity contribution in [1.82, 2.24) is 15.6 Å². The van der Waals surface area contributed by atoms with Gasteiger partial charge < -0.3 is 5.32 Å². The number of amides is 1. The highest BCUT2D eigenvalue weighted by Crippen LogP contribution is 2.18. The van der Waals surface area contributed by atoms with Gasteiger partial charge in [0.25, 0.3) is 5.91 Å². The van der Waals surface area contributed by atoms with E-state index in [4.69, 9.17) is 5.84 Å². The highest BCUT2D eigenvalue weighted by molar-refractivity contribution is 5.95. The van der Waals surface area contributed by atoms with Crippen LogP contribution in [0.2, 0.25) is 0 Å². The molecule has 1 aromatic rings. The summed E-state index contributed by atoms with van der Waals surface area (Å²) in [6.45, 7) is 6.23. The van der Waals surface area contributed by atoms with Crippen molar-refractivity contribution in [3.63, 3.8) is 0 Å². The topological polar surface area (TPSA) is 70.4 Å². The van der Waals surface area contributed by atoms with Crippen LogP contribution in [0.4, 0.5) is 0 Å². The first-order valence-electron chi connectivity index (χ1n) is 7.80. The predicted molar refractivity (Wildman–Crippen MR) is 84.7 cm³/mol. The van der Waals surface area contributed by atoms with Gasteiger partial charge in [0, 0.05) is 18.2 Å². The summed E-state index contributed by atoms with van der Waals surface area (Å²) in [6, 6.07) is 8.32. The molecule has 0 unspecified atom stereocenters. The molecular formula is C16H26N4O. The Morgan fingerprint density at radius 2 is 2.10 bits per heavy atom. The molecule has 1 saturated heterocycles. The molecule has 0 aromatic heterocycles. The molecule has 1 aromatic carbocycles. The Kier molecular flexibility index (Phi) is 6.17. The van der Waals surface area contributed by atoms with Crippen molar-refractivity contribution in [1.29, 1.82) is 0 Å². The van der Waals surface area contributed by atoms with Crippen LogP contribution in [0, 0.1) is 0 Å². The molecular weight excluding hydrogens is 264 g/mol. The van der Waals surface area contributed by atoms with Gasteiger partial charge in [-0.05, 0) is 50.5 Å². The van der Waals surface area contributed by atoms with Crippen LogP contribution in [0.1, 0.15) is 42.1 Å². The summed E-state index contributed by atoms with van der Waals surface area (Å²) in [4.78, 5) is 14.4. The van der Waals surface area contributed by atoms with E-state index in [1.54, 1.807) is 0 Å². The number of hydrogen-bond donors (Lipinski definition) is 3. The number of hydrazine groups is 1. The molecule has 2 rings (SSSR count). The lowest BCUT2D eigenvalue weighted by atomic mass is 10.0. The third kappa shape index (κ3) is 4.27. The van der Waals surface area contributed by atoms with Crippen LogP contribution in [-0.2, 0) is 6.54 Å². The number of benzene rings is 1. The molecule has 1 heterocycles. The van der Waals surface area contributed by atoms with Gasteiger partial charge in [0.1, 0.15) is 0 Å². The van der Waals surface area contributed by atoms with Crippen molar-refractivity contribution < 1.29 is 4.79 Å². The SMILES string of the molecule is CCCN(Cc1ccccc1C(=O)NN)C1CCNCC1. The fraction of sp³-hybridized carbons (Fsp3) is 0.562. The lowest BCUT2D eigenvalue weighted by molar-refractivity contribution is 0.0949. The van der Waals surface area contributed by atoms with Crippen molar-refractivity contribution in [3.8, 4) is 0 Å². The van der Waals surface area contributed by atoms with E-state index in [1.165, 1.54) is 12.8 Å². The second-order valence-corrected chi connectivity index (χ2v) is 5.58. The number of hydrogen-bond acceptors (Lipinski definition) is 4. The summed E-state index contributed by atoms with van der Waals surface area (Å²) >= 11 is 0. The first kappa shape index (κ1) is 15.9. The average molecular weight is 290 g/mol. The number of nitrogens with zero attached hydrogens (tertiary/aromatic N) is 1. The highest BCUT2D eigenvalue weighted by Gasteiger charge is 2.22. The van der Waals surface area contributed by atoms with E-state index < -0.39 is 0 Å². The molecule has 4 N–H and O–H groups in total. The molecule has 1 aliphatic rings. The number of carbonyl (C=O) groups excluding carboxylic acids is 1. The first-order chi connectivity index (χ1) is 10.3. The van der Waals surface area contributed by atoms with Crippen LogP contribution in [0.15, 0.2) is 24.3 Å². The number of nitrogen functional groups attached to an aromatic ring is 1. The number of carbonyl (C=O) groups is 1. The molecule has 21 heavy (non-hydrogen) atoms. The van der Waals surface area contributed by atoms with Crippen molar-refractivity contribution >= 4 is 5.91 Å². The molecule has 0 spiro atoms. The van der Waals surface area contributed by atoms with Gasteiger partial charge in [-0.25, -0.2) is 5.84 Å². The lowest BCUT2D eigenvalue weighted by Crippen LogP contribution is -2.43. The van der Waals surface area contributed by atoms with E-state index in [2.05, 4.69) is 22.6 Å². The molecule has 1 aliphatic heterocycles. The summed E-state index contributed by atoms with van der Waals surface area (Å²) < 4.78 is 0. The summed E-state index contributed by atoms with van der Waals surface area (Å²) in [5.41, 5.74) is 3.96. The summed E-state index contributed by atoms with van der Waals surface area (Å²) in [5.74, 6) is 5.07. The fourth-order valence-electron chi connectivity index (χ4n) is 3.03. The molecule has 1 amide bonds. The van der Waals surface area contributed by atoms with Crippen LogP contribution in [0.5, 0.6) is 0 Å². The molecule has 0 radical (unpaired) electrons. The Labute approximate surface area is 126 Å². The maximum absolute atomic E-state index is 11.9. The monoisotopic (exact) mass is 290 g/mol. The maximum atomic E-state index is 11.9. The normalized spacial score (nSPS) is 16.1. The highest BCUT2D eigenvalue weighted by atomic mass is 16.2. The second-order valence-electron chi connectivity index (χ2n) is 5.58. The van der Waals surface area contributed by atoms with E-state index in [0.29, 0.717) is 11.6 Å². The van der Waals surface area contributed by atoms with Gasteiger partial charge in [-0.1, -0.05) is 25.1 Å².